The maximum absolute atomic E-state index is 14.5. The fraction of sp³-hybridized carbons (Fsp3) is 0.280. The summed E-state index contributed by atoms with van der Waals surface area (Å²) in [6.07, 6.45) is 1.25. The second kappa shape index (κ2) is 8.16. The van der Waals surface area contributed by atoms with Gasteiger partial charge in [0.05, 0.1) is 25.6 Å². The smallest absolute Gasteiger partial charge is 0.303 e. The first-order valence-corrected chi connectivity index (χ1v) is 12.1. The molecule has 1 unspecified atom stereocenters. The van der Waals surface area contributed by atoms with Crippen LogP contribution in [0.1, 0.15) is 35.3 Å². The average Bonchev–Trinajstić information content (AvgIpc) is 2.84. The minimum atomic E-state index is -3.26. The molecule has 0 saturated carbocycles. The van der Waals surface area contributed by atoms with E-state index in [9.17, 15) is 4.57 Å². The Bertz CT molecular complexity index is 1120. The van der Waals surface area contributed by atoms with Gasteiger partial charge in [0, 0.05) is 12.6 Å². The first-order chi connectivity index (χ1) is 15.1. The van der Waals surface area contributed by atoms with Gasteiger partial charge in [-0.3, -0.25) is 4.57 Å². The molecule has 0 aliphatic carbocycles. The third kappa shape index (κ3) is 3.47. The number of nitrogens with zero attached hydrogens (tertiary/aromatic N) is 1. The van der Waals surface area contributed by atoms with Gasteiger partial charge in [0.1, 0.15) is 0 Å². The van der Waals surface area contributed by atoms with Crippen molar-refractivity contribution in [2.45, 2.75) is 25.0 Å². The van der Waals surface area contributed by atoms with Crippen LogP contribution in [0.2, 0.25) is 0 Å². The van der Waals surface area contributed by atoms with Gasteiger partial charge in [0.25, 0.3) is 0 Å². The van der Waals surface area contributed by atoms with Crippen LogP contribution in [0.25, 0.3) is 0 Å². The van der Waals surface area contributed by atoms with Crippen LogP contribution < -0.4 is 14.8 Å². The van der Waals surface area contributed by atoms with E-state index in [0.29, 0.717) is 12.3 Å². The summed E-state index contributed by atoms with van der Waals surface area (Å²) >= 11 is 0. The number of ether oxygens (including phenoxy) is 2. The van der Waals surface area contributed by atoms with E-state index in [4.69, 9.17) is 14.0 Å². The lowest BCUT2D eigenvalue weighted by atomic mass is 9.89. The van der Waals surface area contributed by atoms with Crippen molar-refractivity contribution in [3.8, 4) is 11.5 Å². The van der Waals surface area contributed by atoms with E-state index in [1.165, 1.54) is 5.56 Å². The standard InChI is InChI=1S/C25H26NO4P/c1-28-24-15-19-13-14-26-22(21(19)16-25(24)29-2)17-23(18-9-5-3-6-10-18)30-31(26,27)20-11-7-4-8-12-20/h3-12,15-16,22-23H,13-14,17H2,1-2H3/t22-,23-,31?/m1/s1. The van der Waals surface area contributed by atoms with Crippen molar-refractivity contribution in [3.63, 3.8) is 0 Å². The maximum atomic E-state index is 14.5. The summed E-state index contributed by atoms with van der Waals surface area (Å²) in [4.78, 5) is 0. The summed E-state index contributed by atoms with van der Waals surface area (Å²) < 4.78 is 34.2. The number of methoxy groups -OCH3 is 2. The molecule has 3 atom stereocenters. The predicted molar refractivity (Wildman–Crippen MR) is 121 cm³/mol. The van der Waals surface area contributed by atoms with Gasteiger partial charge in [-0.2, -0.15) is 0 Å². The molecule has 1 fully saturated rings. The lowest BCUT2D eigenvalue weighted by molar-refractivity contribution is 0.0893. The summed E-state index contributed by atoms with van der Waals surface area (Å²) in [7, 11) is 0.0492. The highest BCUT2D eigenvalue weighted by molar-refractivity contribution is 7.64. The Morgan fingerprint density at radius 2 is 1.58 bits per heavy atom. The molecule has 0 N–H and O–H groups in total. The molecule has 3 aromatic rings. The van der Waals surface area contributed by atoms with Gasteiger partial charge in [-0.15, -0.1) is 0 Å². The third-order valence-electron chi connectivity index (χ3n) is 6.27. The van der Waals surface area contributed by atoms with Crippen molar-refractivity contribution in [1.29, 1.82) is 0 Å². The van der Waals surface area contributed by atoms with E-state index in [0.717, 1.165) is 35.0 Å². The number of hydrogen-bond acceptors (Lipinski definition) is 4. The monoisotopic (exact) mass is 435 g/mol. The lowest BCUT2D eigenvalue weighted by Gasteiger charge is -2.47. The quantitative estimate of drug-likeness (QED) is 0.522. The largest absolute Gasteiger partial charge is 0.493 e. The van der Waals surface area contributed by atoms with Crippen LogP contribution in [0, 0.1) is 0 Å². The van der Waals surface area contributed by atoms with Crippen LogP contribution in [0.4, 0.5) is 0 Å². The van der Waals surface area contributed by atoms with Gasteiger partial charge in [-0.05, 0) is 53.8 Å². The van der Waals surface area contributed by atoms with Crippen LogP contribution in [0.15, 0.2) is 72.8 Å². The van der Waals surface area contributed by atoms with Crippen LogP contribution in [0.3, 0.4) is 0 Å². The number of rotatable bonds is 4. The molecule has 160 valence electrons. The highest BCUT2D eigenvalue weighted by Crippen LogP contribution is 2.64. The second-order valence-electron chi connectivity index (χ2n) is 7.93. The normalized spacial score (nSPS) is 25.4. The minimum absolute atomic E-state index is 0.0337. The molecule has 1 saturated heterocycles. The van der Waals surface area contributed by atoms with Gasteiger partial charge >= 0.3 is 7.52 Å². The Labute approximate surface area is 183 Å². The van der Waals surface area contributed by atoms with E-state index in [2.05, 4.69) is 10.7 Å². The first kappa shape index (κ1) is 20.3. The Morgan fingerprint density at radius 1 is 0.935 bits per heavy atom. The van der Waals surface area contributed by atoms with Gasteiger partial charge in [0.2, 0.25) is 0 Å². The average molecular weight is 435 g/mol. The SMILES string of the molecule is COc1cc2c(cc1OC)[C@H]1C[C@H](c3ccccc3)OP(=O)(c3ccccc3)N1CC2. The van der Waals surface area contributed by atoms with Gasteiger partial charge < -0.3 is 14.0 Å². The molecule has 5 nitrogen and oxygen atoms in total. The highest BCUT2D eigenvalue weighted by Gasteiger charge is 2.48. The van der Waals surface area contributed by atoms with Gasteiger partial charge in [-0.25, -0.2) is 4.67 Å². The van der Waals surface area contributed by atoms with Gasteiger partial charge in [-0.1, -0.05) is 48.5 Å². The summed E-state index contributed by atoms with van der Waals surface area (Å²) in [5, 5.41) is 0.740. The Kier molecular flexibility index (Phi) is 5.35. The van der Waals surface area contributed by atoms with Crippen LogP contribution >= 0.6 is 7.52 Å². The molecule has 0 amide bonds. The fourth-order valence-electron chi connectivity index (χ4n) is 4.75. The number of hydrogen-bond donors (Lipinski definition) is 0. The molecule has 0 aromatic heterocycles. The topological polar surface area (TPSA) is 48.0 Å². The minimum Gasteiger partial charge on any atom is -0.493 e. The van der Waals surface area contributed by atoms with E-state index >= 15 is 0 Å². The molecule has 2 aliphatic heterocycles. The summed E-state index contributed by atoms with van der Waals surface area (Å²) in [6.45, 7) is 0.667. The van der Waals surface area contributed by atoms with Crippen LogP contribution in [-0.4, -0.2) is 25.4 Å². The molecule has 3 aromatic carbocycles. The molecule has 0 spiro atoms. The molecular formula is C25H26NO4P. The zero-order chi connectivity index (χ0) is 21.4. The molecule has 5 rings (SSSR count). The zero-order valence-electron chi connectivity index (χ0n) is 17.7. The van der Waals surface area contributed by atoms with Gasteiger partial charge in [0.15, 0.2) is 11.5 Å². The van der Waals surface area contributed by atoms with Crippen molar-refractivity contribution >= 4 is 12.8 Å². The van der Waals surface area contributed by atoms with Crippen molar-refractivity contribution in [3.05, 3.63) is 89.5 Å². The zero-order valence-corrected chi connectivity index (χ0v) is 18.6. The van der Waals surface area contributed by atoms with E-state index < -0.39 is 7.52 Å². The predicted octanol–water partition coefficient (Wildman–Crippen LogP) is 5.28. The number of fused-ring (bicyclic) bond motifs is 3. The lowest BCUT2D eigenvalue weighted by Crippen LogP contribution is -2.41. The molecule has 0 bridgehead atoms. The Hall–Kier alpha value is -2.59. The summed E-state index contributed by atoms with van der Waals surface area (Å²) in [5.74, 6) is 1.42. The molecule has 2 heterocycles. The van der Waals surface area contributed by atoms with E-state index in [1.54, 1.807) is 14.2 Å². The molecule has 31 heavy (non-hydrogen) atoms. The van der Waals surface area contributed by atoms with Crippen LogP contribution in [-0.2, 0) is 15.5 Å². The van der Waals surface area contributed by atoms with Crippen molar-refractivity contribution in [2.75, 3.05) is 20.8 Å². The van der Waals surface area contributed by atoms with Crippen molar-refractivity contribution < 1.29 is 18.6 Å². The summed E-state index contributed by atoms with van der Waals surface area (Å²) in [5.41, 5.74) is 3.41. The Morgan fingerprint density at radius 3 is 2.26 bits per heavy atom. The first-order valence-electron chi connectivity index (χ1n) is 10.5. The second-order valence-corrected chi connectivity index (χ2v) is 10.2. The molecular weight excluding hydrogens is 409 g/mol. The number of benzene rings is 3. The molecule has 0 radical (unpaired) electrons. The fourth-order valence-corrected chi connectivity index (χ4v) is 7.34. The van der Waals surface area contributed by atoms with Crippen LogP contribution in [0.5, 0.6) is 11.5 Å². The third-order valence-corrected chi connectivity index (χ3v) is 8.92. The summed E-state index contributed by atoms with van der Waals surface area (Å²) in [6, 6.07) is 23.8. The van der Waals surface area contributed by atoms with Crippen molar-refractivity contribution in [1.82, 2.24) is 4.67 Å². The molecule has 2 aliphatic rings. The van der Waals surface area contributed by atoms with Crippen molar-refractivity contribution in [2.24, 2.45) is 0 Å². The van der Waals surface area contributed by atoms with E-state index in [1.807, 2.05) is 66.7 Å². The van der Waals surface area contributed by atoms with E-state index in [-0.39, 0.29) is 12.1 Å². The highest BCUT2D eigenvalue weighted by atomic mass is 31.2. The Balaban J connectivity index is 1.65. The maximum Gasteiger partial charge on any atom is 0.303 e. The molecule has 6 heteroatoms.